The fourth-order valence-corrected chi connectivity index (χ4v) is 1.97. The summed E-state index contributed by atoms with van der Waals surface area (Å²) in [6, 6.07) is 0. The Morgan fingerprint density at radius 1 is 1.23 bits per heavy atom. The lowest BCUT2D eigenvalue weighted by Crippen LogP contribution is -2.38. The summed E-state index contributed by atoms with van der Waals surface area (Å²) in [4.78, 5) is 10.8. The summed E-state index contributed by atoms with van der Waals surface area (Å²) in [5, 5.41) is 19.0. The maximum atomic E-state index is 10.8. The fraction of sp³-hybridized carbons (Fsp3) is 0.900. The number of hydrogen-bond acceptors (Lipinski definition) is 3. The van der Waals surface area contributed by atoms with Crippen molar-refractivity contribution in [2.75, 3.05) is 0 Å². The molecule has 3 nitrogen and oxygen atoms in total. The number of aliphatic hydroxyl groups is 2. The van der Waals surface area contributed by atoms with E-state index in [-0.39, 0.29) is 11.7 Å². The van der Waals surface area contributed by atoms with Crippen LogP contribution in [0, 0.1) is 5.92 Å². The normalized spacial score (nSPS) is 23.9. The zero-order chi connectivity index (χ0) is 9.84. The minimum absolute atomic E-state index is 0.118. The van der Waals surface area contributed by atoms with E-state index in [1.165, 1.54) is 13.3 Å². The van der Waals surface area contributed by atoms with Crippen LogP contribution in [0.2, 0.25) is 0 Å². The molecule has 0 heterocycles. The van der Waals surface area contributed by atoms with Crippen LogP contribution in [-0.2, 0) is 4.79 Å². The van der Waals surface area contributed by atoms with E-state index < -0.39 is 12.2 Å². The van der Waals surface area contributed by atoms with Crippen LogP contribution >= 0.6 is 0 Å². The van der Waals surface area contributed by atoms with Crippen LogP contribution < -0.4 is 0 Å². The van der Waals surface area contributed by atoms with Gasteiger partial charge in [-0.05, 0) is 25.7 Å². The van der Waals surface area contributed by atoms with Crippen molar-refractivity contribution < 1.29 is 15.0 Å². The highest BCUT2D eigenvalue weighted by molar-refractivity contribution is 5.80. The predicted molar refractivity (Wildman–Crippen MR) is 49.3 cm³/mol. The van der Waals surface area contributed by atoms with Gasteiger partial charge in [-0.15, -0.1) is 0 Å². The molecule has 0 aliphatic heterocycles. The Bertz CT molecular complexity index is 173. The first-order valence-corrected chi connectivity index (χ1v) is 4.99. The number of rotatable bonds is 3. The largest absolute Gasteiger partial charge is 0.390 e. The van der Waals surface area contributed by atoms with Gasteiger partial charge >= 0.3 is 0 Å². The van der Waals surface area contributed by atoms with E-state index in [9.17, 15) is 15.0 Å². The molecule has 0 aromatic carbocycles. The molecule has 2 atom stereocenters. The average molecular weight is 186 g/mol. The van der Waals surface area contributed by atoms with Gasteiger partial charge < -0.3 is 10.2 Å². The lowest BCUT2D eigenvalue weighted by Gasteiger charge is -2.28. The molecule has 0 aromatic heterocycles. The van der Waals surface area contributed by atoms with Crippen molar-refractivity contribution in [1.29, 1.82) is 0 Å². The highest BCUT2D eigenvalue weighted by atomic mass is 16.3. The van der Waals surface area contributed by atoms with Crippen molar-refractivity contribution in [3.63, 3.8) is 0 Å². The predicted octanol–water partition coefficient (Wildman–Crippen LogP) is 0.878. The first-order valence-electron chi connectivity index (χ1n) is 4.99. The topological polar surface area (TPSA) is 57.5 Å². The van der Waals surface area contributed by atoms with Crippen LogP contribution in [0.25, 0.3) is 0 Å². The third-order valence-electron chi connectivity index (χ3n) is 2.87. The van der Waals surface area contributed by atoms with Crippen LogP contribution in [0.4, 0.5) is 0 Å². The number of carbonyl (C=O) groups excluding carboxylic acids is 1. The average Bonchev–Trinajstić information content (AvgIpc) is 2.17. The molecule has 0 amide bonds. The van der Waals surface area contributed by atoms with Crippen LogP contribution in [0.3, 0.4) is 0 Å². The van der Waals surface area contributed by atoms with Crippen LogP contribution in [0.5, 0.6) is 0 Å². The van der Waals surface area contributed by atoms with E-state index in [1.54, 1.807) is 0 Å². The maximum Gasteiger partial charge on any atom is 0.160 e. The van der Waals surface area contributed by atoms with E-state index >= 15 is 0 Å². The summed E-state index contributed by atoms with van der Waals surface area (Å²) in [6.07, 6.45) is 3.26. The number of Topliss-reactive ketones (excluding diaryl/α,β-unsaturated/α-hetero) is 1. The highest BCUT2D eigenvalue weighted by Crippen LogP contribution is 2.27. The van der Waals surface area contributed by atoms with Crippen LogP contribution in [0.1, 0.15) is 39.0 Å². The smallest absolute Gasteiger partial charge is 0.160 e. The van der Waals surface area contributed by atoms with Gasteiger partial charge in [0.05, 0.1) is 6.10 Å². The van der Waals surface area contributed by atoms with Gasteiger partial charge in [-0.25, -0.2) is 0 Å². The first-order chi connectivity index (χ1) is 6.13. The van der Waals surface area contributed by atoms with Gasteiger partial charge in [0.1, 0.15) is 6.10 Å². The molecule has 0 bridgehead atoms. The van der Waals surface area contributed by atoms with E-state index in [0.717, 1.165) is 25.7 Å². The summed E-state index contributed by atoms with van der Waals surface area (Å²) in [5.74, 6) is -0.217. The highest BCUT2D eigenvalue weighted by Gasteiger charge is 2.29. The van der Waals surface area contributed by atoms with Crippen molar-refractivity contribution in [1.82, 2.24) is 0 Å². The summed E-state index contributed by atoms with van der Waals surface area (Å²) in [6.45, 7) is 1.32. The van der Waals surface area contributed by atoms with Crippen molar-refractivity contribution in [2.24, 2.45) is 5.92 Å². The number of ketones is 1. The van der Waals surface area contributed by atoms with Crippen LogP contribution in [-0.4, -0.2) is 28.2 Å². The van der Waals surface area contributed by atoms with Gasteiger partial charge in [-0.3, -0.25) is 4.79 Å². The molecule has 1 rings (SSSR count). The minimum Gasteiger partial charge on any atom is -0.390 e. The fourth-order valence-electron chi connectivity index (χ4n) is 1.97. The molecule has 0 unspecified atom stereocenters. The lowest BCUT2D eigenvalue weighted by atomic mass is 9.83. The van der Waals surface area contributed by atoms with E-state index in [1.807, 2.05) is 0 Å². The second-order valence-electron chi connectivity index (χ2n) is 3.94. The van der Waals surface area contributed by atoms with Crippen molar-refractivity contribution in [2.45, 2.75) is 51.2 Å². The first kappa shape index (κ1) is 10.7. The Morgan fingerprint density at radius 3 is 2.23 bits per heavy atom. The Morgan fingerprint density at radius 2 is 1.77 bits per heavy atom. The Hall–Kier alpha value is -0.410. The summed E-state index contributed by atoms with van der Waals surface area (Å²) >= 11 is 0. The molecular formula is C10H18O3. The molecule has 76 valence electrons. The van der Waals surface area contributed by atoms with Gasteiger partial charge in [0, 0.05) is 0 Å². The molecule has 13 heavy (non-hydrogen) atoms. The van der Waals surface area contributed by atoms with Crippen LogP contribution in [0.15, 0.2) is 0 Å². The van der Waals surface area contributed by atoms with Crippen molar-refractivity contribution >= 4 is 5.78 Å². The van der Waals surface area contributed by atoms with Gasteiger partial charge in [-0.2, -0.15) is 0 Å². The molecule has 1 fully saturated rings. The third kappa shape index (κ3) is 2.78. The number of carbonyl (C=O) groups is 1. The second kappa shape index (κ2) is 4.72. The van der Waals surface area contributed by atoms with E-state index in [2.05, 4.69) is 0 Å². The summed E-state index contributed by atoms with van der Waals surface area (Å²) in [5.41, 5.74) is 0. The zero-order valence-corrected chi connectivity index (χ0v) is 8.07. The molecule has 3 heteroatoms. The molecule has 0 saturated heterocycles. The quantitative estimate of drug-likeness (QED) is 0.687. The molecule has 1 saturated carbocycles. The van der Waals surface area contributed by atoms with E-state index in [4.69, 9.17) is 0 Å². The summed E-state index contributed by atoms with van der Waals surface area (Å²) < 4.78 is 0. The molecule has 1 aliphatic carbocycles. The zero-order valence-electron chi connectivity index (χ0n) is 8.07. The number of hydrogen-bond donors (Lipinski definition) is 2. The summed E-state index contributed by atoms with van der Waals surface area (Å²) in [7, 11) is 0. The number of aliphatic hydroxyl groups excluding tert-OH is 2. The van der Waals surface area contributed by atoms with Gasteiger partial charge in [-0.1, -0.05) is 19.3 Å². The van der Waals surface area contributed by atoms with Crippen molar-refractivity contribution in [3.05, 3.63) is 0 Å². The minimum atomic E-state index is -1.18. The van der Waals surface area contributed by atoms with Crippen molar-refractivity contribution in [3.8, 4) is 0 Å². The third-order valence-corrected chi connectivity index (χ3v) is 2.87. The molecule has 0 spiro atoms. The van der Waals surface area contributed by atoms with Gasteiger partial charge in [0.25, 0.3) is 0 Å². The molecule has 2 N–H and O–H groups in total. The van der Waals surface area contributed by atoms with E-state index in [0.29, 0.717) is 0 Å². The molecule has 0 radical (unpaired) electrons. The molecular weight excluding hydrogens is 168 g/mol. The Kier molecular flexibility index (Phi) is 3.88. The lowest BCUT2D eigenvalue weighted by molar-refractivity contribution is -0.133. The molecule has 0 aromatic rings. The maximum absolute atomic E-state index is 10.8. The molecule has 1 aliphatic rings. The SMILES string of the molecule is CC(=O)[C@H](O)[C@H](O)C1CCCCC1. The van der Waals surface area contributed by atoms with Gasteiger partial charge in [0.2, 0.25) is 0 Å². The second-order valence-corrected chi connectivity index (χ2v) is 3.94. The monoisotopic (exact) mass is 186 g/mol. The Balaban J connectivity index is 2.44. The van der Waals surface area contributed by atoms with Gasteiger partial charge in [0.15, 0.2) is 5.78 Å². The Labute approximate surface area is 78.8 Å². The standard InChI is InChI=1S/C10H18O3/c1-7(11)9(12)10(13)8-5-3-2-4-6-8/h8-10,12-13H,2-6H2,1H3/t9-,10+/m0/s1.